The second-order valence-electron chi connectivity index (χ2n) is 5.77. The first-order chi connectivity index (χ1) is 12.7. The molecule has 0 fully saturated rings. The van der Waals surface area contributed by atoms with Crippen LogP contribution >= 0.6 is 27.5 Å². The van der Waals surface area contributed by atoms with Gasteiger partial charge in [0.1, 0.15) is 5.82 Å². The monoisotopic (exact) mass is 427 g/mol. The van der Waals surface area contributed by atoms with Crippen molar-refractivity contribution in [2.45, 2.75) is 6.42 Å². The Morgan fingerprint density at radius 1 is 1.12 bits per heavy atom. The summed E-state index contributed by atoms with van der Waals surface area (Å²) in [6.45, 7) is 0.766. The first kappa shape index (κ1) is 17.0. The van der Waals surface area contributed by atoms with Gasteiger partial charge >= 0.3 is 0 Å². The molecule has 0 saturated heterocycles. The maximum absolute atomic E-state index is 6.36. The van der Waals surface area contributed by atoms with Gasteiger partial charge in [0, 0.05) is 35.6 Å². The molecule has 0 spiro atoms. The van der Waals surface area contributed by atoms with Crippen molar-refractivity contribution in [2.24, 2.45) is 0 Å². The summed E-state index contributed by atoms with van der Waals surface area (Å²) in [7, 11) is 0. The summed E-state index contributed by atoms with van der Waals surface area (Å²) in [6, 6.07) is 13.7. The van der Waals surface area contributed by atoms with Gasteiger partial charge in [0.2, 0.25) is 0 Å². The van der Waals surface area contributed by atoms with E-state index in [1.54, 1.807) is 23.1 Å². The van der Waals surface area contributed by atoms with E-state index in [0.717, 1.165) is 40.2 Å². The van der Waals surface area contributed by atoms with Crippen LogP contribution in [-0.4, -0.2) is 26.1 Å². The molecule has 0 bridgehead atoms. The molecule has 3 aromatic heterocycles. The Morgan fingerprint density at radius 3 is 2.73 bits per heavy atom. The fourth-order valence-electron chi connectivity index (χ4n) is 2.75. The number of benzene rings is 1. The molecule has 4 rings (SSSR count). The number of nitrogens with zero attached hydrogens (tertiary/aromatic N) is 4. The van der Waals surface area contributed by atoms with Crippen molar-refractivity contribution in [3.8, 4) is 11.3 Å². The lowest BCUT2D eigenvalue weighted by atomic mass is 10.1. The van der Waals surface area contributed by atoms with E-state index in [0.29, 0.717) is 5.02 Å². The van der Waals surface area contributed by atoms with Crippen LogP contribution in [0.5, 0.6) is 0 Å². The molecule has 7 heteroatoms. The Balaban J connectivity index is 1.68. The van der Waals surface area contributed by atoms with Gasteiger partial charge < -0.3 is 5.32 Å². The molecule has 0 amide bonds. The Bertz CT molecular complexity index is 1050. The van der Waals surface area contributed by atoms with Crippen LogP contribution in [-0.2, 0) is 6.42 Å². The molecule has 26 heavy (non-hydrogen) atoms. The molecule has 0 unspecified atom stereocenters. The molecule has 0 aliphatic rings. The number of anilines is 1. The number of hydrogen-bond donors (Lipinski definition) is 1. The van der Waals surface area contributed by atoms with E-state index < -0.39 is 0 Å². The molecule has 0 atom stereocenters. The number of rotatable bonds is 5. The first-order valence-corrected chi connectivity index (χ1v) is 9.31. The minimum atomic E-state index is 0.669. The third-order valence-corrected chi connectivity index (χ3v) is 4.94. The molecule has 0 aliphatic heterocycles. The van der Waals surface area contributed by atoms with Gasteiger partial charge in [-0.05, 0) is 46.1 Å². The SMILES string of the molecule is Clc1ccccc1-c1cc(NCCc2ccncc2)n2ncc(Br)c2n1. The standard InChI is InChI=1S/C19H15BrClN5/c20-15-12-24-26-18(23-10-7-13-5-8-22-9-6-13)11-17(25-19(15)26)14-3-1-2-4-16(14)21/h1-6,8-9,11-12,23H,7,10H2. The third-order valence-electron chi connectivity index (χ3n) is 4.05. The molecule has 3 heterocycles. The van der Waals surface area contributed by atoms with Crippen LogP contribution in [0.3, 0.4) is 0 Å². The predicted octanol–water partition coefficient (Wildman–Crippen LogP) is 4.86. The van der Waals surface area contributed by atoms with Gasteiger partial charge in [0.25, 0.3) is 0 Å². The highest BCUT2D eigenvalue weighted by Crippen LogP contribution is 2.30. The molecule has 4 aromatic rings. The molecule has 0 saturated carbocycles. The van der Waals surface area contributed by atoms with Gasteiger partial charge in [0.15, 0.2) is 5.65 Å². The highest BCUT2D eigenvalue weighted by Gasteiger charge is 2.13. The van der Waals surface area contributed by atoms with Gasteiger partial charge in [-0.1, -0.05) is 29.8 Å². The lowest BCUT2D eigenvalue weighted by Gasteiger charge is -2.11. The summed E-state index contributed by atoms with van der Waals surface area (Å²) in [5.41, 5.74) is 3.66. The zero-order valence-corrected chi connectivity index (χ0v) is 16.1. The van der Waals surface area contributed by atoms with Gasteiger partial charge in [-0.2, -0.15) is 9.61 Å². The van der Waals surface area contributed by atoms with E-state index in [9.17, 15) is 0 Å². The number of pyridine rings is 1. The van der Waals surface area contributed by atoms with Crippen molar-refractivity contribution < 1.29 is 0 Å². The van der Waals surface area contributed by atoms with Crippen molar-refractivity contribution in [3.05, 3.63) is 76.1 Å². The highest BCUT2D eigenvalue weighted by molar-refractivity contribution is 9.10. The maximum atomic E-state index is 6.36. The fourth-order valence-corrected chi connectivity index (χ4v) is 3.33. The van der Waals surface area contributed by atoms with Gasteiger partial charge in [-0.25, -0.2) is 4.98 Å². The lowest BCUT2D eigenvalue weighted by Crippen LogP contribution is -2.10. The summed E-state index contributed by atoms with van der Waals surface area (Å²) in [6.07, 6.45) is 6.24. The predicted molar refractivity (Wildman–Crippen MR) is 108 cm³/mol. The number of halogens is 2. The summed E-state index contributed by atoms with van der Waals surface area (Å²) in [4.78, 5) is 8.76. The van der Waals surface area contributed by atoms with Crippen molar-refractivity contribution in [2.75, 3.05) is 11.9 Å². The van der Waals surface area contributed by atoms with E-state index in [1.807, 2.05) is 42.5 Å². The first-order valence-electron chi connectivity index (χ1n) is 8.14. The fraction of sp³-hybridized carbons (Fsp3) is 0.105. The summed E-state index contributed by atoms with van der Waals surface area (Å²) in [5.74, 6) is 0.865. The Labute approximate surface area is 164 Å². The van der Waals surface area contributed by atoms with Crippen molar-refractivity contribution in [1.82, 2.24) is 19.6 Å². The Kier molecular flexibility index (Phi) is 4.86. The third kappa shape index (κ3) is 3.43. The molecule has 5 nitrogen and oxygen atoms in total. The van der Waals surface area contributed by atoms with E-state index in [2.05, 4.69) is 31.3 Å². The van der Waals surface area contributed by atoms with Crippen LogP contribution < -0.4 is 5.32 Å². The van der Waals surface area contributed by atoms with Crippen LogP contribution in [0.4, 0.5) is 5.82 Å². The van der Waals surface area contributed by atoms with Crippen LogP contribution in [0, 0.1) is 0 Å². The maximum Gasteiger partial charge on any atom is 0.172 e. The number of fused-ring (bicyclic) bond motifs is 1. The topological polar surface area (TPSA) is 55.1 Å². The highest BCUT2D eigenvalue weighted by atomic mass is 79.9. The van der Waals surface area contributed by atoms with E-state index in [-0.39, 0.29) is 0 Å². The largest absolute Gasteiger partial charge is 0.370 e. The normalized spacial score (nSPS) is 11.0. The minimum absolute atomic E-state index is 0.669. The second kappa shape index (κ2) is 7.43. The molecular weight excluding hydrogens is 414 g/mol. The summed E-state index contributed by atoms with van der Waals surface area (Å²) in [5, 5.41) is 8.53. The van der Waals surface area contributed by atoms with Crippen LogP contribution in [0.25, 0.3) is 16.9 Å². The number of aromatic nitrogens is 4. The number of nitrogens with one attached hydrogen (secondary N) is 1. The van der Waals surface area contributed by atoms with E-state index in [4.69, 9.17) is 16.6 Å². The smallest absolute Gasteiger partial charge is 0.172 e. The van der Waals surface area contributed by atoms with Gasteiger partial charge in [-0.3, -0.25) is 4.98 Å². The number of hydrogen-bond acceptors (Lipinski definition) is 4. The minimum Gasteiger partial charge on any atom is -0.370 e. The van der Waals surface area contributed by atoms with Crippen molar-refractivity contribution in [3.63, 3.8) is 0 Å². The van der Waals surface area contributed by atoms with Crippen LogP contribution in [0.1, 0.15) is 5.56 Å². The van der Waals surface area contributed by atoms with E-state index in [1.165, 1.54) is 5.56 Å². The Hall–Kier alpha value is -2.44. The summed E-state index contributed by atoms with van der Waals surface area (Å²) < 4.78 is 2.63. The quantitative estimate of drug-likeness (QED) is 0.493. The van der Waals surface area contributed by atoms with Crippen molar-refractivity contribution >= 4 is 39.0 Å². The summed E-state index contributed by atoms with van der Waals surface area (Å²) >= 11 is 9.88. The molecule has 130 valence electrons. The molecule has 0 radical (unpaired) electrons. The molecule has 1 N–H and O–H groups in total. The average Bonchev–Trinajstić information content (AvgIpc) is 3.04. The zero-order chi connectivity index (χ0) is 17.9. The molecule has 1 aromatic carbocycles. The van der Waals surface area contributed by atoms with Gasteiger partial charge in [0.05, 0.1) is 16.4 Å². The average molecular weight is 429 g/mol. The van der Waals surface area contributed by atoms with Crippen molar-refractivity contribution in [1.29, 1.82) is 0 Å². The molecule has 0 aliphatic carbocycles. The van der Waals surface area contributed by atoms with E-state index >= 15 is 0 Å². The Morgan fingerprint density at radius 2 is 1.92 bits per heavy atom. The zero-order valence-electron chi connectivity index (χ0n) is 13.7. The molecular formula is C19H15BrClN5. The van der Waals surface area contributed by atoms with Gasteiger partial charge in [-0.15, -0.1) is 0 Å². The van der Waals surface area contributed by atoms with Crippen LogP contribution in [0.15, 0.2) is 65.5 Å². The van der Waals surface area contributed by atoms with Crippen LogP contribution in [0.2, 0.25) is 5.02 Å². The lowest BCUT2D eigenvalue weighted by molar-refractivity contribution is 0.914. The second-order valence-corrected chi connectivity index (χ2v) is 7.03.